The normalized spacial score (nSPS) is 11.3. The molecular formula is C13H12ClFN2O2S. The van der Waals surface area contributed by atoms with Gasteiger partial charge in [-0.2, -0.15) is 0 Å². The summed E-state index contributed by atoms with van der Waals surface area (Å²) < 4.78 is 38.9. The van der Waals surface area contributed by atoms with Gasteiger partial charge in [-0.3, -0.25) is 4.31 Å². The fourth-order valence-corrected chi connectivity index (χ4v) is 2.94. The molecule has 0 amide bonds. The molecular weight excluding hydrogens is 303 g/mol. The third-order valence-electron chi connectivity index (χ3n) is 2.82. The first kappa shape index (κ1) is 14.6. The molecule has 0 fully saturated rings. The summed E-state index contributed by atoms with van der Waals surface area (Å²) in [5.41, 5.74) is 5.61. The number of anilines is 2. The topological polar surface area (TPSA) is 63.4 Å². The molecule has 106 valence electrons. The number of nitrogens with zero attached hydrogens (tertiary/aromatic N) is 1. The maximum Gasteiger partial charge on any atom is 0.264 e. The lowest BCUT2D eigenvalue weighted by Crippen LogP contribution is -2.26. The second kappa shape index (κ2) is 5.30. The standard InChI is InChI=1S/C13H12ClFN2O2S/c1-17(10-4-7-12(15)13(16)8-10)20(18,19)11-5-2-9(14)3-6-11/h2-8H,16H2,1H3. The fraction of sp³-hybridized carbons (Fsp3) is 0.0769. The van der Waals surface area contributed by atoms with Crippen molar-refractivity contribution in [3.63, 3.8) is 0 Å². The Balaban J connectivity index is 2.42. The van der Waals surface area contributed by atoms with E-state index in [4.69, 9.17) is 17.3 Å². The van der Waals surface area contributed by atoms with Crippen LogP contribution in [0.2, 0.25) is 5.02 Å². The molecule has 20 heavy (non-hydrogen) atoms. The van der Waals surface area contributed by atoms with Crippen LogP contribution in [0.4, 0.5) is 15.8 Å². The summed E-state index contributed by atoms with van der Waals surface area (Å²) in [7, 11) is -2.37. The summed E-state index contributed by atoms with van der Waals surface area (Å²) >= 11 is 5.73. The molecule has 2 rings (SSSR count). The summed E-state index contributed by atoms with van der Waals surface area (Å²) in [4.78, 5) is 0.0901. The van der Waals surface area contributed by atoms with Crippen molar-refractivity contribution < 1.29 is 12.8 Å². The highest BCUT2D eigenvalue weighted by atomic mass is 35.5. The van der Waals surface area contributed by atoms with E-state index >= 15 is 0 Å². The van der Waals surface area contributed by atoms with E-state index < -0.39 is 15.8 Å². The van der Waals surface area contributed by atoms with Gasteiger partial charge in [0.15, 0.2) is 0 Å². The smallest absolute Gasteiger partial charge is 0.264 e. The van der Waals surface area contributed by atoms with E-state index in [9.17, 15) is 12.8 Å². The Hall–Kier alpha value is -1.79. The molecule has 0 aromatic heterocycles. The van der Waals surface area contributed by atoms with Gasteiger partial charge in [0, 0.05) is 12.1 Å². The Kier molecular flexibility index (Phi) is 3.87. The molecule has 0 unspecified atom stereocenters. The van der Waals surface area contributed by atoms with Gasteiger partial charge in [0.1, 0.15) is 5.82 Å². The molecule has 4 nitrogen and oxygen atoms in total. The average Bonchev–Trinajstić information content (AvgIpc) is 2.41. The van der Waals surface area contributed by atoms with Gasteiger partial charge in [-0.25, -0.2) is 12.8 Å². The second-order valence-electron chi connectivity index (χ2n) is 4.13. The van der Waals surface area contributed by atoms with Crippen LogP contribution in [0.3, 0.4) is 0 Å². The zero-order chi connectivity index (χ0) is 14.9. The molecule has 7 heteroatoms. The van der Waals surface area contributed by atoms with Crippen molar-refractivity contribution in [2.24, 2.45) is 0 Å². The van der Waals surface area contributed by atoms with E-state index in [-0.39, 0.29) is 16.3 Å². The Morgan fingerprint density at radius 1 is 1.15 bits per heavy atom. The highest BCUT2D eigenvalue weighted by Gasteiger charge is 2.21. The lowest BCUT2D eigenvalue weighted by atomic mass is 10.3. The summed E-state index contributed by atoms with van der Waals surface area (Å²) in [5.74, 6) is -0.592. The fourth-order valence-electron chi connectivity index (χ4n) is 1.63. The van der Waals surface area contributed by atoms with Gasteiger partial charge in [0.25, 0.3) is 10.0 Å². The van der Waals surface area contributed by atoms with Gasteiger partial charge in [0.05, 0.1) is 16.3 Å². The van der Waals surface area contributed by atoms with Gasteiger partial charge in [-0.15, -0.1) is 0 Å². The van der Waals surface area contributed by atoms with E-state index in [1.807, 2.05) is 0 Å². The lowest BCUT2D eigenvalue weighted by Gasteiger charge is -2.20. The SMILES string of the molecule is CN(c1ccc(F)c(N)c1)S(=O)(=O)c1ccc(Cl)cc1. The van der Waals surface area contributed by atoms with E-state index in [0.29, 0.717) is 5.02 Å². The van der Waals surface area contributed by atoms with Crippen molar-refractivity contribution in [1.82, 2.24) is 0 Å². The highest BCUT2D eigenvalue weighted by molar-refractivity contribution is 7.92. The molecule has 2 N–H and O–H groups in total. The summed E-state index contributed by atoms with van der Waals surface area (Å²) in [6, 6.07) is 9.52. The van der Waals surface area contributed by atoms with Crippen molar-refractivity contribution in [1.29, 1.82) is 0 Å². The molecule has 0 aliphatic rings. The monoisotopic (exact) mass is 314 g/mol. The van der Waals surface area contributed by atoms with Crippen LogP contribution >= 0.6 is 11.6 Å². The molecule has 2 aromatic rings. The van der Waals surface area contributed by atoms with Gasteiger partial charge >= 0.3 is 0 Å². The zero-order valence-electron chi connectivity index (χ0n) is 10.5. The van der Waals surface area contributed by atoms with Crippen LogP contribution in [0.5, 0.6) is 0 Å². The number of hydrogen-bond acceptors (Lipinski definition) is 3. The van der Waals surface area contributed by atoms with Crippen molar-refractivity contribution in [2.75, 3.05) is 17.1 Å². The summed E-state index contributed by atoms with van der Waals surface area (Å²) in [6.45, 7) is 0. The maximum absolute atomic E-state index is 13.1. The number of benzene rings is 2. The van der Waals surface area contributed by atoms with Crippen LogP contribution in [0, 0.1) is 5.82 Å². The van der Waals surface area contributed by atoms with Crippen molar-refractivity contribution in [3.05, 3.63) is 53.3 Å². The van der Waals surface area contributed by atoms with Crippen molar-refractivity contribution in [3.8, 4) is 0 Å². The van der Waals surface area contributed by atoms with Crippen LogP contribution in [0.1, 0.15) is 0 Å². The molecule has 0 aliphatic carbocycles. The van der Waals surface area contributed by atoms with Gasteiger partial charge in [0.2, 0.25) is 0 Å². The zero-order valence-corrected chi connectivity index (χ0v) is 12.1. The van der Waals surface area contributed by atoms with Crippen LogP contribution in [0.15, 0.2) is 47.4 Å². The van der Waals surface area contributed by atoms with Gasteiger partial charge < -0.3 is 5.73 Å². The molecule has 0 atom stereocenters. The predicted octanol–water partition coefficient (Wildman–Crippen LogP) is 2.89. The molecule has 2 aromatic carbocycles. The molecule has 0 spiro atoms. The van der Waals surface area contributed by atoms with Crippen molar-refractivity contribution in [2.45, 2.75) is 4.90 Å². The Labute approximate surface area is 121 Å². The Morgan fingerprint density at radius 2 is 1.75 bits per heavy atom. The molecule has 0 saturated heterocycles. The Morgan fingerprint density at radius 3 is 2.30 bits per heavy atom. The Bertz CT molecular complexity index is 733. The first-order valence-electron chi connectivity index (χ1n) is 5.62. The number of hydrogen-bond donors (Lipinski definition) is 1. The average molecular weight is 315 g/mol. The summed E-state index contributed by atoms with van der Waals surface area (Å²) in [6.07, 6.45) is 0. The van der Waals surface area contributed by atoms with Gasteiger partial charge in [-0.05, 0) is 42.5 Å². The summed E-state index contributed by atoms with van der Waals surface area (Å²) in [5, 5.41) is 0.442. The van der Waals surface area contributed by atoms with Crippen LogP contribution in [-0.2, 0) is 10.0 Å². The first-order valence-corrected chi connectivity index (χ1v) is 7.43. The quantitative estimate of drug-likeness (QED) is 0.886. The molecule has 0 radical (unpaired) electrons. The second-order valence-corrected chi connectivity index (χ2v) is 6.54. The molecule has 0 bridgehead atoms. The number of rotatable bonds is 3. The van der Waals surface area contributed by atoms with Gasteiger partial charge in [-0.1, -0.05) is 11.6 Å². The van der Waals surface area contributed by atoms with E-state index in [1.165, 1.54) is 43.4 Å². The van der Waals surface area contributed by atoms with Crippen molar-refractivity contribution >= 4 is 33.0 Å². The highest BCUT2D eigenvalue weighted by Crippen LogP contribution is 2.25. The van der Waals surface area contributed by atoms with Crippen LogP contribution in [-0.4, -0.2) is 15.5 Å². The van der Waals surface area contributed by atoms with Crippen LogP contribution in [0.25, 0.3) is 0 Å². The predicted molar refractivity (Wildman–Crippen MR) is 77.9 cm³/mol. The number of halogens is 2. The third kappa shape index (κ3) is 2.71. The number of nitrogens with two attached hydrogens (primary N) is 1. The minimum atomic E-state index is -3.74. The molecule has 0 aliphatic heterocycles. The largest absolute Gasteiger partial charge is 0.396 e. The third-order valence-corrected chi connectivity index (χ3v) is 4.87. The maximum atomic E-state index is 13.1. The van der Waals surface area contributed by atoms with E-state index in [2.05, 4.69) is 0 Å². The first-order chi connectivity index (χ1) is 9.32. The van der Waals surface area contributed by atoms with E-state index in [1.54, 1.807) is 0 Å². The minimum Gasteiger partial charge on any atom is -0.396 e. The minimum absolute atomic E-state index is 0.0901. The molecule has 0 saturated carbocycles. The lowest BCUT2D eigenvalue weighted by molar-refractivity contribution is 0.594. The molecule has 0 heterocycles. The van der Waals surface area contributed by atoms with Crippen LogP contribution < -0.4 is 10.0 Å². The number of sulfonamides is 1. The number of nitrogen functional groups attached to an aromatic ring is 1. The van der Waals surface area contributed by atoms with E-state index in [0.717, 1.165) is 10.4 Å².